The third-order valence-electron chi connectivity index (χ3n) is 3.12. The van der Waals surface area contributed by atoms with Crippen LogP contribution in [0.2, 0.25) is 0 Å². The fraction of sp³-hybridized carbons (Fsp3) is 0.235. The average Bonchev–Trinajstić information content (AvgIpc) is 2.53. The number of rotatable bonds is 7. The van der Waals surface area contributed by atoms with Gasteiger partial charge in [-0.05, 0) is 36.4 Å². The molecule has 0 fully saturated rings. The van der Waals surface area contributed by atoms with Gasteiger partial charge in [-0.25, -0.2) is 0 Å². The van der Waals surface area contributed by atoms with E-state index < -0.39 is 0 Å². The maximum atomic E-state index is 8.77. The molecule has 0 bridgehead atoms. The van der Waals surface area contributed by atoms with Crippen molar-refractivity contribution in [2.75, 3.05) is 30.3 Å². The third-order valence-corrected chi connectivity index (χ3v) is 3.12. The first-order valence-electron chi connectivity index (χ1n) is 6.95. The van der Waals surface area contributed by atoms with Crippen LogP contribution in [0.15, 0.2) is 54.6 Å². The number of para-hydroxylation sites is 1. The van der Waals surface area contributed by atoms with Crippen LogP contribution in [-0.2, 0) is 0 Å². The molecule has 0 amide bonds. The first kappa shape index (κ1) is 14.7. The van der Waals surface area contributed by atoms with Gasteiger partial charge >= 0.3 is 0 Å². The summed E-state index contributed by atoms with van der Waals surface area (Å²) in [5, 5.41) is 8.77. The van der Waals surface area contributed by atoms with Gasteiger partial charge in [0.05, 0.1) is 19.0 Å². The van der Waals surface area contributed by atoms with E-state index in [4.69, 9.17) is 15.7 Å². The summed E-state index contributed by atoms with van der Waals surface area (Å²) in [4.78, 5) is 2.15. The van der Waals surface area contributed by atoms with Crippen molar-refractivity contribution in [1.29, 1.82) is 5.26 Å². The Morgan fingerprint density at radius 3 is 2.38 bits per heavy atom. The van der Waals surface area contributed by atoms with Crippen molar-refractivity contribution in [3.8, 4) is 11.8 Å². The number of nitrogens with zero attached hydrogens (tertiary/aromatic N) is 2. The van der Waals surface area contributed by atoms with Crippen LogP contribution in [0.25, 0.3) is 0 Å². The SMILES string of the molecule is N#CCCN(CCOc1ccc(N)cc1)c1ccccc1. The number of ether oxygens (including phenoxy) is 1. The van der Waals surface area contributed by atoms with Crippen molar-refractivity contribution in [3.63, 3.8) is 0 Å². The summed E-state index contributed by atoms with van der Waals surface area (Å²) < 4.78 is 5.71. The molecular weight excluding hydrogens is 262 g/mol. The second kappa shape index (κ2) is 7.81. The molecule has 0 spiro atoms. The van der Waals surface area contributed by atoms with Gasteiger partial charge in [0.15, 0.2) is 0 Å². The van der Waals surface area contributed by atoms with Crippen molar-refractivity contribution in [2.24, 2.45) is 0 Å². The zero-order valence-electron chi connectivity index (χ0n) is 11.9. The van der Waals surface area contributed by atoms with Crippen LogP contribution >= 0.6 is 0 Å². The lowest BCUT2D eigenvalue weighted by atomic mass is 10.2. The molecule has 2 aromatic rings. The summed E-state index contributed by atoms with van der Waals surface area (Å²) >= 11 is 0. The fourth-order valence-electron chi connectivity index (χ4n) is 2.03. The smallest absolute Gasteiger partial charge is 0.119 e. The van der Waals surface area contributed by atoms with Crippen LogP contribution in [0.3, 0.4) is 0 Å². The molecule has 0 aromatic heterocycles. The van der Waals surface area contributed by atoms with Crippen LogP contribution in [0.5, 0.6) is 5.75 Å². The molecule has 2 aromatic carbocycles. The number of nitrogen functional groups attached to an aromatic ring is 1. The van der Waals surface area contributed by atoms with E-state index in [9.17, 15) is 0 Å². The summed E-state index contributed by atoms with van der Waals surface area (Å²) in [5.74, 6) is 0.803. The van der Waals surface area contributed by atoms with Crippen molar-refractivity contribution >= 4 is 11.4 Å². The van der Waals surface area contributed by atoms with Crippen molar-refractivity contribution < 1.29 is 4.74 Å². The zero-order chi connectivity index (χ0) is 14.9. The number of anilines is 2. The molecule has 0 aliphatic carbocycles. The summed E-state index contributed by atoms with van der Waals surface area (Å²) in [6, 6.07) is 19.6. The standard InChI is InChI=1S/C17H19N3O/c18-11-4-12-20(16-5-2-1-3-6-16)13-14-21-17-9-7-15(19)8-10-17/h1-3,5-10H,4,12-14,19H2. The second-order valence-corrected chi connectivity index (χ2v) is 4.65. The van der Waals surface area contributed by atoms with E-state index in [0.29, 0.717) is 19.6 Å². The molecule has 0 radical (unpaired) electrons. The molecule has 0 heterocycles. The molecule has 108 valence electrons. The second-order valence-electron chi connectivity index (χ2n) is 4.65. The van der Waals surface area contributed by atoms with Crippen molar-refractivity contribution in [3.05, 3.63) is 54.6 Å². The van der Waals surface area contributed by atoms with Gasteiger partial charge in [0.25, 0.3) is 0 Å². The molecule has 0 aliphatic rings. The first-order chi connectivity index (χ1) is 10.3. The maximum Gasteiger partial charge on any atom is 0.119 e. The van der Waals surface area contributed by atoms with Gasteiger partial charge in [-0.15, -0.1) is 0 Å². The minimum atomic E-state index is 0.497. The predicted molar refractivity (Wildman–Crippen MR) is 85.2 cm³/mol. The number of hydrogen-bond acceptors (Lipinski definition) is 4. The summed E-state index contributed by atoms with van der Waals surface area (Å²) in [6.45, 7) is 1.99. The number of benzene rings is 2. The van der Waals surface area contributed by atoms with E-state index in [2.05, 4.69) is 11.0 Å². The summed E-state index contributed by atoms with van der Waals surface area (Å²) in [6.07, 6.45) is 0.497. The minimum Gasteiger partial charge on any atom is -0.492 e. The Kier molecular flexibility index (Phi) is 5.48. The topological polar surface area (TPSA) is 62.3 Å². The third kappa shape index (κ3) is 4.73. The molecule has 2 rings (SSSR count). The van der Waals surface area contributed by atoms with E-state index in [-0.39, 0.29) is 0 Å². The van der Waals surface area contributed by atoms with E-state index >= 15 is 0 Å². The van der Waals surface area contributed by atoms with Gasteiger partial charge in [-0.1, -0.05) is 18.2 Å². The lowest BCUT2D eigenvalue weighted by molar-refractivity contribution is 0.324. The zero-order valence-corrected chi connectivity index (χ0v) is 11.9. The molecule has 21 heavy (non-hydrogen) atoms. The number of hydrogen-bond donors (Lipinski definition) is 1. The van der Waals surface area contributed by atoms with Gasteiger partial charge in [0.2, 0.25) is 0 Å². The molecule has 4 nitrogen and oxygen atoms in total. The minimum absolute atomic E-state index is 0.497. The lowest BCUT2D eigenvalue weighted by Gasteiger charge is -2.23. The Bertz CT molecular complexity index is 575. The van der Waals surface area contributed by atoms with Gasteiger partial charge in [0, 0.05) is 17.9 Å². The lowest BCUT2D eigenvalue weighted by Crippen LogP contribution is -2.29. The van der Waals surface area contributed by atoms with Crippen LogP contribution in [0.4, 0.5) is 11.4 Å². The highest BCUT2D eigenvalue weighted by molar-refractivity contribution is 5.46. The largest absolute Gasteiger partial charge is 0.492 e. The predicted octanol–water partition coefficient (Wildman–Crippen LogP) is 3.07. The van der Waals surface area contributed by atoms with Gasteiger partial charge in [0.1, 0.15) is 12.4 Å². The Balaban J connectivity index is 1.90. The van der Waals surface area contributed by atoms with Crippen molar-refractivity contribution in [1.82, 2.24) is 0 Å². The molecule has 0 atom stereocenters. The number of nitrogens with two attached hydrogens (primary N) is 1. The average molecular weight is 281 g/mol. The van der Waals surface area contributed by atoms with Crippen LogP contribution in [0, 0.1) is 11.3 Å². The molecular formula is C17H19N3O. The Morgan fingerprint density at radius 1 is 1.00 bits per heavy atom. The molecule has 0 aliphatic heterocycles. The van der Waals surface area contributed by atoms with Gasteiger partial charge in [-0.2, -0.15) is 5.26 Å². The first-order valence-corrected chi connectivity index (χ1v) is 6.95. The molecule has 0 saturated carbocycles. The summed E-state index contributed by atoms with van der Waals surface area (Å²) in [5.41, 5.74) is 7.47. The Labute approximate surface area is 125 Å². The Morgan fingerprint density at radius 2 is 1.71 bits per heavy atom. The van der Waals surface area contributed by atoms with Crippen LogP contribution in [0.1, 0.15) is 6.42 Å². The normalized spacial score (nSPS) is 9.86. The highest BCUT2D eigenvalue weighted by Gasteiger charge is 2.06. The quantitative estimate of drug-likeness (QED) is 0.792. The molecule has 2 N–H and O–H groups in total. The van der Waals surface area contributed by atoms with E-state index in [0.717, 1.165) is 23.7 Å². The fourth-order valence-corrected chi connectivity index (χ4v) is 2.03. The molecule has 4 heteroatoms. The van der Waals surface area contributed by atoms with Crippen LogP contribution in [-0.4, -0.2) is 19.7 Å². The highest BCUT2D eigenvalue weighted by atomic mass is 16.5. The summed E-state index contributed by atoms with van der Waals surface area (Å²) in [7, 11) is 0. The Hall–Kier alpha value is -2.67. The van der Waals surface area contributed by atoms with Crippen molar-refractivity contribution in [2.45, 2.75) is 6.42 Å². The van der Waals surface area contributed by atoms with E-state index in [1.54, 1.807) is 0 Å². The molecule has 0 saturated heterocycles. The van der Waals surface area contributed by atoms with Gasteiger partial charge in [-0.3, -0.25) is 0 Å². The van der Waals surface area contributed by atoms with E-state index in [1.165, 1.54) is 0 Å². The maximum absolute atomic E-state index is 8.77. The van der Waals surface area contributed by atoms with Crippen LogP contribution < -0.4 is 15.4 Å². The molecule has 0 unspecified atom stereocenters. The monoisotopic (exact) mass is 281 g/mol. The van der Waals surface area contributed by atoms with E-state index in [1.807, 2.05) is 54.6 Å². The number of nitriles is 1. The van der Waals surface area contributed by atoms with Gasteiger partial charge < -0.3 is 15.4 Å². The highest BCUT2D eigenvalue weighted by Crippen LogP contribution is 2.15.